The SMILES string of the molecule is CCCNc1nc(N)c(C(=O)Nc2ccc(Br)c(Cl)c2)s1. The van der Waals surface area contributed by atoms with E-state index in [0.717, 1.165) is 17.4 Å². The van der Waals surface area contributed by atoms with Gasteiger partial charge in [-0.15, -0.1) is 0 Å². The van der Waals surface area contributed by atoms with Crippen molar-refractivity contribution < 1.29 is 4.79 Å². The van der Waals surface area contributed by atoms with Gasteiger partial charge in [-0.25, -0.2) is 4.98 Å². The summed E-state index contributed by atoms with van der Waals surface area (Å²) in [5, 5.41) is 7.04. The maximum Gasteiger partial charge on any atom is 0.269 e. The summed E-state index contributed by atoms with van der Waals surface area (Å²) in [6.45, 7) is 2.84. The lowest BCUT2D eigenvalue weighted by molar-refractivity contribution is 0.103. The van der Waals surface area contributed by atoms with Crippen LogP contribution in [-0.4, -0.2) is 17.4 Å². The van der Waals surface area contributed by atoms with Crippen LogP contribution in [0.1, 0.15) is 23.0 Å². The van der Waals surface area contributed by atoms with Crippen molar-refractivity contribution in [1.29, 1.82) is 0 Å². The first-order valence-electron chi connectivity index (χ1n) is 6.27. The molecule has 5 nitrogen and oxygen atoms in total. The van der Waals surface area contributed by atoms with Crippen LogP contribution < -0.4 is 16.4 Å². The number of nitrogens with one attached hydrogen (secondary N) is 2. The van der Waals surface area contributed by atoms with Gasteiger partial charge in [-0.2, -0.15) is 0 Å². The van der Waals surface area contributed by atoms with E-state index in [1.165, 1.54) is 11.3 Å². The monoisotopic (exact) mass is 388 g/mol. The summed E-state index contributed by atoms with van der Waals surface area (Å²) in [6, 6.07) is 5.18. The Morgan fingerprint density at radius 2 is 2.29 bits per heavy atom. The Morgan fingerprint density at radius 3 is 2.95 bits per heavy atom. The summed E-state index contributed by atoms with van der Waals surface area (Å²) in [6.07, 6.45) is 0.971. The second-order valence-corrected chi connectivity index (χ2v) is 6.50. The fourth-order valence-electron chi connectivity index (χ4n) is 1.56. The molecule has 21 heavy (non-hydrogen) atoms. The molecule has 8 heteroatoms. The van der Waals surface area contributed by atoms with Crippen LogP contribution in [0.4, 0.5) is 16.6 Å². The first kappa shape index (κ1) is 16.1. The maximum atomic E-state index is 12.2. The standard InChI is InChI=1S/C13H14BrClN4OS/c1-2-5-17-13-19-11(16)10(21-13)12(20)18-7-3-4-8(14)9(15)6-7/h3-4,6H,2,5,16H2,1H3,(H,17,19)(H,18,20). The molecule has 4 N–H and O–H groups in total. The summed E-state index contributed by atoms with van der Waals surface area (Å²) < 4.78 is 0.769. The van der Waals surface area contributed by atoms with Crippen LogP contribution in [0.5, 0.6) is 0 Å². The van der Waals surface area contributed by atoms with Crippen molar-refractivity contribution in [3.05, 3.63) is 32.6 Å². The van der Waals surface area contributed by atoms with E-state index >= 15 is 0 Å². The summed E-state index contributed by atoms with van der Waals surface area (Å²) in [5.74, 6) is -0.0766. The lowest BCUT2D eigenvalue weighted by atomic mass is 10.3. The molecule has 1 aromatic carbocycles. The number of benzene rings is 1. The van der Waals surface area contributed by atoms with Gasteiger partial charge in [0, 0.05) is 16.7 Å². The summed E-state index contributed by atoms with van der Waals surface area (Å²) >= 11 is 10.5. The van der Waals surface area contributed by atoms with Gasteiger partial charge in [0.2, 0.25) is 0 Å². The second-order valence-electron chi connectivity index (χ2n) is 4.24. The fraction of sp³-hybridized carbons (Fsp3) is 0.231. The molecule has 0 unspecified atom stereocenters. The number of carbonyl (C=O) groups excluding carboxylic acids is 1. The number of carbonyl (C=O) groups is 1. The number of halogens is 2. The molecule has 2 aromatic rings. The summed E-state index contributed by atoms with van der Waals surface area (Å²) in [4.78, 5) is 16.7. The predicted molar refractivity (Wildman–Crippen MR) is 92.4 cm³/mol. The number of aromatic nitrogens is 1. The lowest BCUT2D eigenvalue weighted by Crippen LogP contribution is -2.12. The van der Waals surface area contributed by atoms with Gasteiger partial charge in [0.1, 0.15) is 10.7 Å². The number of hydrogen-bond donors (Lipinski definition) is 3. The molecule has 0 spiro atoms. The lowest BCUT2D eigenvalue weighted by Gasteiger charge is -2.05. The van der Waals surface area contributed by atoms with Gasteiger partial charge >= 0.3 is 0 Å². The van der Waals surface area contributed by atoms with E-state index in [9.17, 15) is 4.79 Å². The Bertz CT molecular complexity index is 662. The minimum Gasteiger partial charge on any atom is -0.382 e. The second kappa shape index (κ2) is 7.11. The molecule has 0 bridgehead atoms. The zero-order valence-electron chi connectivity index (χ0n) is 11.2. The molecular formula is C13H14BrClN4OS. The van der Waals surface area contributed by atoms with Crippen LogP contribution in [0.2, 0.25) is 5.02 Å². The quantitative estimate of drug-likeness (QED) is 0.715. The maximum absolute atomic E-state index is 12.2. The van der Waals surface area contributed by atoms with Crippen molar-refractivity contribution in [1.82, 2.24) is 4.98 Å². The minimum absolute atomic E-state index is 0.222. The van der Waals surface area contributed by atoms with Crippen LogP contribution in [0.15, 0.2) is 22.7 Å². The van der Waals surface area contributed by atoms with Crippen molar-refractivity contribution in [3.8, 4) is 0 Å². The van der Waals surface area contributed by atoms with E-state index in [0.29, 0.717) is 20.7 Å². The van der Waals surface area contributed by atoms with E-state index in [1.54, 1.807) is 18.2 Å². The average molecular weight is 390 g/mol. The molecule has 0 aliphatic carbocycles. The highest BCUT2D eigenvalue weighted by molar-refractivity contribution is 9.10. The fourth-order valence-corrected chi connectivity index (χ4v) is 2.80. The average Bonchev–Trinajstić information content (AvgIpc) is 2.82. The van der Waals surface area contributed by atoms with Crippen LogP contribution >= 0.6 is 38.9 Å². The molecule has 2 rings (SSSR count). The zero-order chi connectivity index (χ0) is 15.4. The first-order chi connectivity index (χ1) is 10.0. The Balaban J connectivity index is 2.12. The van der Waals surface area contributed by atoms with Crippen molar-refractivity contribution in [2.45, 2.75) is 13.3 Å². The van der Waals surface area contributed by atoms with Gasteiger partial charge in [-0.1, -0.05) is 29.9 Å². The van der Waals surface area contributed by atoms with Gasteiger partial charge in [0.05, 0.1) is 5.02 Å². The molecule has 112 valence electrons. The van der Waals surface area contributed by atoms with Gasteiger partial charge in [0.25, 0.3) is 5.91 Å². The summed E-state index contributed by atoms with van der Waals surface area (Å²) in [5.41, 5.74) is 6.39. The van der Waals surface area contributed by atoms with Crippen LogP contribution in [0.25, 0.3) is 0 Å². The summed E-state index contributed by atoms with van der Waals surface area (Å²) in [7, 11) is 0. The highest BCUT2D eigenvalue weighted by Crippen LogP contribution is 2.28. The Kier molecular flexibility index (Phi) is 5.44. The smallest absolute Gasteiger partial charge is 0.269 e. The van der Waals surface area contributed by atoms with Crippen molar-refractivity contribution in [2.24, 2.45) is 0 Å². The van der Waals surface area contributed by atoms with Gasteiger partial charge < -0.3 is 16.4 Å². The van der Waals surface area contributed by atoms with E-state index < -0.39 is 0 Å². The van der Waals surface area contributed by atoms with E-state index in [-0.39, 0.29) is 11.7 Å². The van der Waals surface area contributed by atoms with Crippen LogP contribution in [-0.2, 0) is 0 Å². The van der Waals surface area contributed by atoms with Crippen LogP contribution in [0, 0.1) is 0 Å². The molecule has 0 radical (unpaired) electrons. The van der Waals surface area contributed by atoms with Crippen LogP contribution in [0.3, 0.4) is 0 Å². The largest absolute Gasteiger partial charge is 0.382 e. The zero-order valence-corrected chi connectivity index (χ0v) is 14.4. The number of thiazole rings is 1. The van der Waals surface area contributed by atoms with Gasteiger partial charge in [-0.3, -0.25) is 4.79 Å². The highest BCUT2D eigenvalue weighted by atomic mass is 79.9. The van der Waals surface area contributed by atoms with Gasteiger partial charge in [0.15, 0.2) is 5.13 Å². The molecule has 0 saturated carbocycles. The molecular weight excluding hydrogens is 376 g/mol. The van der Waals surface area contributed by atoms with Gasteiger partial charge in [-0.05, 0) is 40.5 Å². The molecule has 0 saturated heterocycles. The molecule has 0 aliphatic heterocycles. The van der Waals surface area contributed by atoms with Crippen molar-refractivity contribution >= 4 is 61.4 Å². The van der Waals surface area contributed by atoms with E-state index in [4.69, 9.17) is 17.3 Å². The molecule has 1 amide bonds. The number of nitrogen functional groups attached to an aromatic ring is 1. The van der Waals surface area contributed by atoms with E-state index in [1.807, 2.05) is 0 Å². The third-order valence-corrected chi connectivity index (χ3v) is 4.82. The number of nitrogens with zero attached hydrogens (tertiary/aromatic N) is 1. The number of anilines is 3. The topological polar surface area (TPSA) is 80.0 Å². The number of hydrogen-bond acceptors (Lipinski definition) is 5. The molecule has 1 aromatic heterocycles. The Hall–Kier alpha value is -1.31. The molecule has 0 aliphatic rings. The van der Waals surface area contributed by atoms with E-state index in [2.05, 4.69) is 38.5 Å². The van der Waals surface area contributed by atoms with Crippen molar-refractivity contribution in [3.63, 3.8) is 0 Å². The normalized spacial score (nSPS) is 10.4. The molecule has 1 heterocycles. The predicted octanol–water partition coefficient (Wildman–Crippen LogP) is 4.22. The molecule has 0 atom stereocenters. The van der Waals surface area contributed by atoms with Crippen molar-refractivity contribution in [2.75, 3.05) is 22.9 Å². The Labute approximate surface area is 140 Å². The minimum atomic E-state index is -0.298. The first-order valence-corrected chi connectivity index (χ1v) is 8.26. The number of nitrogens with two attached hydrogens (primary N) is 1. The third kappa shape index (κ3) is 4.09. The number of amides is 1. The highest BCUT2D eigenvalue weighted by Gasteiger charge is 2.16. The third-order valence-electron chi connectivity index (χ3n) is 2.56. The number of rotatable bonds is 5. The molecule has 0 fully saturated rings. The Morgan fingerprint density at radius 1 is 1.52 bits per heavy atom.